The minimum atomic E-state index is -1.24. The van der Waals surface area contributed by atoms with E-state index in [1.165, 1.54) is 0 Å². The molecular formula is C13H13N3O4S. The lowest BCUT2D eigenvalue weighted by Gasteiger charge is -2.24. The van der Waals surface area contributed by atoms with Gasteiger partial charge in [0.05, 0.1) is 16.5 Å². The van der Waals surface area contributed by atoms with Crippen molar-refractivity contribution in [1.29, 1.82) is 0 Å². The molecule has 0 saturated carbocycles. The minimum Gasteiger partial charge on any atom is -0.478 e. The number of carboxylic acid groups (broad SMARTS) is 1. The first-order valence-corrected chi connectivity index (χ1v) is 6.93. The Kier molecular flexibility index (Phi) is 4.18. The molecule has 21 heavy (non-hydrogen) atoms. The molecule has 1 atom stereocenters. The molecule has 0 aliphatic rings. The van der Waals surface area contributed by atoms with Crippen LogP contribution >= 0.6 is 11.3 Å². The van der Waals surface area contributed by atoms with Gasteiger partial charge in [0.1, 0.15) is 0 Å². The minimum absolute atomic E-state index is 0.105. The lowest BCUT2D eigenvalue weighted by molar-refractivity contribution is -0.384. The highest BCUT2D eigenvalue weighted by Gasteiger charge is 2.25. The van der Waals surface area contributed by atoms with Gasteiger partial charge in [-0.15, -0.1) is 11.3 Å². The third kappa shape index (κ3) is 3.00. The van der Waals surface area contributed by atoms with Crippen molar-refractivity contribution in [3.05, 3.63) is 50.3 Å². The van der Waals surface area contributed by atoms with Crippen LogP contribution in [0.5, 0.6) is 0 Å². The second-order valence-electron chi connectivity index (χ2n) is 4.43. The smallest absolute Gasteiger partial charge is 0.337 e. The number of thiophene rings is 1. The highest BCUT2D eigenvalue weighted by molar-refractivity contribution is 7.10. The van der Waals surface area contributed by atoms with Gasteiger partial charge >= 0.3 is 11.7 Å². The lowest BCUT2D eigenvalue weighted by Crippen LogP contribution is -2.23. The number of anilines is 1. The van der Waals surface area contributed by atoms with Gasteiger partial charge in [0.25, 0.3) is 0 Å². The van der Waals surface area contributed by atoms with Crippen LogP contribution in [0.4, 0.5) is 11.5 Å². The fraction of sp³-hybridized carbons (Fsp3) is 0.231. The molecule has 8 heteroatoms. The molecule has 0 aliphatic carbocycles. The van der Waals surface area contributed by atoms with Crippen molar-refractivity contribution in [2.45, 2.75) is 13.0 Å². The highest BCUT2D eigenvalue weighted by atomic mass is 32.1. The average molecular weight is 307 g/mol. The van der Waals surface area contributed by atoms with Gasteiger partial charge in [-0.05, 0) is 18.4 Å². The Morgan fingerprint density at radius 3 is 2.81 bits per heavy atom. The average Bonchev–Trinajstić information content (AvgIpc) is 2.99. The molecular weight excluding hydrogens is 294 g/mol. The van der Waals surface area contributed by atoms with Crippen LogP contribution < -0.4 is 4.90 Å². The van der Waals surface area contributed by atoms with Crippen LogP contribution in [0.2, 0.25) is 0 Å². The molecule has 0 bridgehead atoms. The summed E-state index contributed by atoms with van der Waals surface area (Å²) in [6, 6.07) is 4.76. The van der Waals surface area contributed by atoms with Crippen LogP contribution in [0.15, 0.2) is 29.8 Å². The zero-order chi connectivity index (χ0) is 15.6. The quantitative estimate of drug-likeness (QED) is 0.674. The van der Waals surface area contributed by atoms with Crippen molar-refractivity contribution in [3.63, 3.8) is 0 Å². The van der Waals surface area contributed by atoms with E-state index in [0.717, 1.165) is 17.1 Å². The molecule has 7 nitrogen and oxygen atoms in total. The fourth-order valence-corrected chi connectivity index (χ4v) is 2.70. The van der Waals surface area contributed by atoms with Crippen LogP contribution in [0.25, 0.3) is 0 Å². The maximum Gasteiger partial charge on any atom is 0.337 e. The van der Waals surface area contributed by atoms with Crippen LogP contribution in [-0.2, 0) is 0 Å². The zero-order valence-corrected chi connectivity index (χ0v) is 12.2. The summed E-state index contributed by atoms with van der Waals surface area (Å²) in [4.78, 5) is 28.1. The van der Waals surface area contributed by atoms with Gasteiger partial charge in [-0.3, -0.25) is 10.1 Å². The van der Waals surface area contributed by atoms with Crippen molar-refractivity contribution in [2.75, 3.05) is 11.9 Å². The number of carboxylic acids is 1. The molecule has 110 valence electrons. The van der Waals surface area contributed by atoms with Crippen molar-refractivity contribution in [3.8, 4) is 0 Å². The first-order valence-electron chi connectivity index (χ1n) is 6.05. The van der Waals surface area contributed by atoms with E-state index in [0.29, 0.717) is 0 Å². The normalized spacial score (nSPS) is 11.9. The van der Waals surface area contributed by atoms with E-state index >= 15 is 0 Å². The first-order chi connectivity index (χ1) is 9.91. The Bertz CT molecular complexity index is 672. The van der Waals surface area contributed by atoms with Crippen LogP contribution in [0.3, 0.4) is 0 Å². The summed E-state index contributed by atoms with van der Waals surface area (Å²) in [5.41, 5.74) is -0.525. The number of aromatic carboxylic acids is 1. The molecule has 1 N–H and O–H groups in total. The highest BCUT2D eigenvalue weighted by Crippen LogP contribution is 2.32. The van der Waals surface area contributed by atoms with Gasteiger partial charge in [0.2, 0.25) is 5.82 Å². The summed E-state index contributed by atoms with van der Waals surface area (Å²) in [5.74, 6) is -1.10. The maximum absolute atomic E-state index is 11.2. The molecule has 0 fully saturated rings. The lowest BCUT2D eigenvalue weighted by atomic mass is 10.2. The molecule has 2 heterocycles. The van der Waals surface area contributed by atoms with Crippen LogP contribution in [-0.4, -0.2) is 28.0 Å². The first kappa shape index (κ1) is 14.9. The van der Waals surface area contributed by atoms with Gasteiger partial charge in [-0.25, -0.2) is 9.78 Å². The van der Waals surface area contributed by atoms with Crippen LogP contribution in [0.1, 0.15) is 28.2 Å². The Morgan fingerprint density at radius 2 is 2.29 bits per heavy atom. The third-order valence-corrected chi connectivity index (χ3v) is 4.20. The van der Waals surface area contributed by atoms with Gasteiger partial charge in [0.15, 0.2) is 0 Å². The van der Waals surface area contributed by atoms with Crippen molar-refractivity contribution in [2.24, 2.45) is 0 Å². The predicted molar refractivity (Wildman–Crippen MR) is 79.0 cm³/mol. The van der Waals surface area contributed by atoms with E-state index < -0.39 is 10.9 Å². The topological polar surface area (TPSA) is 96.6 Å². The van der Waals surface area contributed by atoms with E-state index in [2.05, 4.69) is 4.98 Å². The summed E-state index contributed by atoms with van der Waals surface area (Å²) in [6.45, 7) is 1.91. The van der Waals surface area contributed by atoms with E-state index in [4.69, 9.17) is 5.11 Å². The van der Waals surface area contributed by atoms with Crippen molar-refractivity contribution in [1.82, 2.24) is 4.98 Å². The Hall–Kier alpha value is -2.48. The molecule has 0 aromatic carbocycles. The molecule has 1 unspecified atom stereocenters. The molecule has 0 aliphatic heterocycles. The van der Waals surface area contributed by atoms with Crippen molar-refractivity contribution < 1.29 is 14.8 Å². The molecule has 0 amide bonds. The second-order valence-corrected chi connectivity index (χ2v) is 5.41. The number of hydrogen-bond donors (Lipinski definition) is 1. The Labute approximate surface area is 124 Å². The van der Waals surface area contributed by atoms with Gasteiger partial charge in [-0.2, -0.15) is 0 Å². The van der Waals surface area contributed by atoms with Gasteiger partial charge in [-0.1, -0.05) is 6.07 Å². The third-order valence-electron chi connectivity index (χ3n) is 3.16. The summed E-state index contributed by atoms with van der Waals surface area (Å²) in [7, 11) is 1.69. The predicted octanol–water partition coefficient (Wildman–Crippen LogP) is 2.95. The summed E-state index contributed by atoms with van der Waals surface area (Å²) >= 11 is 1.54. The van der Waals surface area contributed by atoms with Crippen LogP contribution in [0, 0.1) is 10.1 Å². The molecule has 2 aromatic heterocycles. The van der Waals surface area contributed by atoms with Gasteiger partial charge in [0, 0.05) is 24.2 Å². The Morgan fingerprint density at radius 1 is 1.57 bits per heavy atom. The molecule has 0 spiro atoms. The van der Waals surface area contributed by atoms with Gasteiger partial charge < -0.3 is 10.0 Å². The SMILES string of the molecule is CC(c1cccs1)N(C)c1ncc(C(=O)O)cc1[N+](=O)[O-]. The fourth-order valence-electron chi connectivity index (χ4n) is 1.87. The summed E-state index contributed by atoms with van der Waals surface area (Å²) in [5, 5.41) is 22.0. The maximum atomic E-state index is 11.2. The zero-order valence-electron chi connectivity index (χ0n) is 11.4. The number of carbonyl (C=O) groups is 1. The molecule has 0 radical (unpaired) electrons. The number of rotatable bonds is 5. The second kappa shape index (κ2) is 5.88. The monoisotopic (exact) mass is 307 g/mol. The standard InChI is InChI=1S/C13H13N3O4S/c1-8(11-4-3-5-21-11)15(2)12-10(16(19)20)6-9(7-14-12)13(17)18/h3-8H,1-2H3,(H,17,18). The van der Waals surface area contributed by atoms with E-state index in [1.54, 1.807) is 23.3 Å². The Balaban J connectivity index is 2.43. The largest absolute Gasteiger partial charge is 0.478 e. The van der Waals surface area contributed by atoms with E-state index in [1.807, 2.05) is 24.4 Å². The van der Waals surface area contributed by atoms with E-state index in [9.17, 15) is 14.9 Å². The molecule has 2 aromatic rings. The molecule has 2 rings (SSSR count). The number of nitro groups is 1. The number of hydrogen-bond acceptors (Lipinski definition) is 6. The molecule has 0 saturated heterocycles. The number of aromatic nitrogens is 1. The number of pyridine rings is 1. The number of nitrogens with zero attached hydrogens (tertiary/aromatic N) is 3. The summed E-state index contributed by atoms with van der Waals surface area (Å²) < 4.78 is 0. The summed E-state index contributed by atoms with van der Waals surface area (Å²) in [6.07, 6.45) is 1.13. The van der Waals surface area contributed by atoms with E-state index in [-0.39, 0.29) is 23.1 Å². The van der Waals surface area contributed by atoms with Crippen molar-refractivity contribution >= 4 is 28.8 Å².